The summed E-state index contributed by atoms with van der Waals surface area (Å²) in [6, 6.07) is 1.67. The van der Waals surface area contributed by atoms with Crippen molar-refractivity contribution < 1.29 is 13.2 Å². The van der Waals surface area contributed by atoms with Crippen LogP contribution in [0.1, 0.15) is 54.9 Å². The van der Waals surface area contributed by atoms with Crippen molar-refractivity contribution in [2.24, 2.45) is 0 Å². The summed E-state index contributed by atoms with van der Waals surface area (Å²) in [6.07, 6.45) is 8.43. The van der Waals surface area contributed by atoms with Gasteiger partial charge < -0.3 is 10.2 Å². The quantitative estimate of drug-likeness (QED) is 0.809. The molecule has 1 atom stereocenters. The van der Waals surface area contributed by atoms with Crippen LogP contribution in [0, 0.1) is 0 Å². The van der Waals surface area contributed by atoms with Gasteiger partial charge in [0.25, 0.3) is 0 Å². The number of benzene rings is 1. The molecule has 148 valence electrons. The van der Waals surface area contributed by atoms with E-state index in [0.717, 1.165) is 70.1 Å². The Morgan fingerprint density at radius 2 is 1.63 bits per heavy atom. The Kier molecular flexibility index (Phi) is 5.16. The summed E-state index contributed by atoms with van der Waals surface area (Å²) < 4.78 is 27.4. The summed E-state index contributed by atoms with van der Waals surface area (Å²) in [5.41, 5.74) is 5.91. The fourth-order valence-corrected chi connectivity index (χ4v) is 5.68. The van der Waals surface area contributed by atoms with E-state index in [4.69, 9.17) is 0 Å². The average Bonchev–Trinajstić information content (AvgIpc) is 3.34. The number of amides is 2. The average molecular weight is 392 g/mol. The molecular weight excluding hydrogens is 362 g/mol. The number of rotatable bonds is 5. The van der Waals surface area contributed by atoms with Gasteiger partial charge in [0.2, 0.25) is 10.0 Å². The van der Waals surface area contributed by atoms with E-state index < -0.39 is 21.3 Å². The maximum atomic E-state index is 12.6. The second kappa shape index (κ2) is 7.43. The van der Waals surface area contributed by atoms with Crippen LogP contribution in [0.15, 0.2) is 6.07 Å². The number of nitrogens with zero attached hydrogens (tertiary/aromatic N) is 1. The van der Waals surface area contributed by atoms with E-state index in [0.29, 0.717) is 6.54 Å². The monoisotopic (exact) mass is 391 g/mol. The Bertz CT molecular complexity index is 812. The van der Waals surface area contributed by atoms with Crippen molar-refractivity contribution in [3.63, 3.8) is 0 Å². The number of likely N-dealkylation sites (tertiary alicyclic amines) is 1. The van der Waals surface area contributed by atoms with Gasteiger partial charge >= 0.3 is 6.03 Å². The third kappa shape index (κ3) is 3.85. The lowest BCUT2D eigenvalue weighted by Gasteiger charge is -2.21. The minimum absolute atomic E-state index is 0.471. The first-order chi connectivity index (χ1) is 12.9. The zero-order valence-electron chi connectivity index (χ0n) is 16.0. The number of hydrogen-bond donors (Lipinski definition) is 2. The fourth-order valence-electron chi connectivity index (χ4n) is 4.76. The molecule has 27 heavy (non-hydrogen) atoms. The van der Waals surface area contributed by atoms with Crippen molar-refractivity contribution in [2.75, 3.05) is 25.0 Å². The topological polar surface area (TPSA) is 78.5 Å². The largest absolute Gasteiger partial charge is 0.332 e. The van der Waals surface area contributed by atoms with Gasteiger partial charge in [-0.15, -0.1) is 0 Å². The van der Waals surface area contributed by atoms with Crippen LogP contribution >= 0.6 is 0 Å². The molecule has 4 rings (SSSR count). The summed E-state index contributed by atoms with van der Waals surface area (Å²) in [6.45, 7) is 4.02. The molecule has 0 bridgehead atoms. The van der Waals surface area contributed by atoms with Gasteiger partial charge in [-0.1, -0.05) is 6.07 Å². The first-order valence-electron chi connectivity index (χ1n) is 10.2. The lowest BCUT2D eigenvalue weighted by Crippen LogP contribution is -2.44. The van der Waals surface area contributed by atoms with E-state index in [9.17, 15) is 13.2 Å². The molecule has 1 aliphatic heterocycles. The smallest absolute Gasteiger partial charge is 0.307 e. The molecule has 0 aromatic heterocycles. The number of sulfonamides is 1. The van der Waals surface area contributed by atoms with Gasteiger partial charge in [-0.2, -0.15) is 0 Å². The van der Waals surface area contributed by atoms with Gasteiger partial charge in [-0.25, -0.2) is 17.9 Å². The zero-order chi connectivity index (χ0) is 19.0. The summed E-state index contributed by atoms with van der Waals surface area (Å²) in [7, 11) is -3.70. The van der Waals surface area contributed by atoms with Gasteiger partial charge in [0.05, 0.1) is 5.25 Å². The van der Waals surface area contributed by atoms with Crippen LogP contribution in [-0.2, 0) is 35.7 Å². The van der Waals surface area contributed by atoms with Crippen molar-refractivity contribution in [1.82, 2.24) is 9.62 Å². The first-order valence-corrected chi connectivity index (χ1v) is 11.7. The van der Waals surface area contributed by atoms with Crippen LogP contribution in [0.2, 0.25) is 0 Å². The number of fused-ring (bicyclic) bond motifs is 2. The zero-order valence-corrected chi connectivity index (χ0v) is 16.8. The molecule has 2 amide bonds. The summed E-state index contributed by atoms with van der Waals surface area (Å²) in [5.74, 6) is 0. The Balaban J connectivity index is 1.47. The normalized spacial score (nSPS) is 20.3. The maximum Gasteiger partial charge on any atom is 0.332 e. The number of urea groups is 1. The molecule has 0 saturated carbocycles. The molecular formula is C20H29N3O3S. The lowest BCUT2D eigenvalue weighted by atomic mass is 9.99. The molecule has 1 heterocycles. The third-order valence-electron chi connectivity index (χ3n) is 6.19. The van der Waals surface area contributed by atoms with Crippen LogP contribution in [-0.4, -0.2) is 44.2 Å². The highest BCUT2D eigenvalue weighted by atomic mass is 32.2. The molecule has 1 fully saturated rings. The molecule has 2 aliphatic carbocycles. The van der Waals surface area contributed by atoms with Crippen LogP contribution in [0.3, 0.4) is 0 Å². The first kappa shape index (κ1) is 18.7. The number of aryl methyl sites for hydroxylation is 2. The predicted octanol–water partition coefficient (Wildman–Crippen LogP) is 2.60. The van der Waals surface area contributed by atoms with Gasteiger partial charge in [0.1, 0.15) is 0 Å². The summed E-state index contributed by atoms with van der Waals surface area (Å²) >= 11 is 0. The van der Waals surface area contributed by atoms with Gasteiger partial charge in [-0.05, 0) is 93.6 Å². The minimum Gasteiger partial charge on any atom is -0.307 e. The van der Waals surface area contributed by atoms with Gasteiger partial charge in [0.15, 0.2) is 0 Å². The van der Waals surface area contributed by atoms with Crippen molar-refractivity contribution in [3.8, 4) is 0 Å². The third-order valence-corrected chi connectivity index (χ3v) is 7.87. The Morgan fingerprint density at radius 3 is 2.22 bits per heavy atom. The number of carbonyl (C=O) groups excluding carboxylic acids is 1. The van der Waals surface area contributed by atoms with Crippen molar-refractivity contribution in [1.29, 1.82) is 0 Å². The lowest BCUT2D eigenvalue weighted by molar-refractivity contribution is 0.256. The maximum absolute atomic E-state index is 12.6. The van der Waals surface area contributed by atoms with Gasteiger partial charge in [0, 0.05) is 12.2 Å². The highest BCUT2D eigenvalue weighted by Crippen LogP contribution is 2.38. The SMILES string of the molecule is CC(CN1CCCC1)S(=O)(=O)NC(=O)Nc1c2c(cc3c1CCC3)CCC2. The Morgan fingerprint density at radius 1 is 1.04 bits per heavy atom. The molecule has 1 aromatic carbocycles. The van der Waals surface area contributed by atoms with Crippen molar-refractivity contribution >= 4 is 21.7 Å². The van der Waals surface area contributed by atoms with E-state index in [1.165, 1.54) is 22.3 Å². The molecule has 0 spiro atoms. The highest BCUT2D eigenvalue weighted by Gasteiger charge is 2.29. The Labute approximate surface area is 161 Å². The highest BCUT2D eigenvalue weighted by molar-refractivity contribution is 7.90. The van der Waals surface area contributed by atoms with E-state index >= 15 is 0 Å². The number of anilines is 1. The number of hydrogen-bond acceptors (Lipinski definition) is 4. The molecule has 1 saturated heterocycles. The van der Waals surface area contributed by atoms with E-state index in [1.54, 1.807) is 6.92 Å². The molecule has 0 radical (unpaired) electrons. The van der Waals surface area contributed by atoms with E-state index in [-0.39, 0.29) is 0 Å². The summed E-state index contributed by atoms with van der Waals surface area (Å²) in [4.78, 5) is 14.7. The van der Waals surface area contributed by atoms with Crippen LogP contribution in [0.4, 0.5) is 10.5 Å². The Hall–Kier alpha value is -1.60. The number of carbonyl (C=O) groups is 1. The van der Waals surface area contributed by atoms with Crippen LogP contribution in [0.5, 0.6) is 0 Å². The van der Waals surface area contributed by atoms with Crippen LogP contribution < -0.4 is 10.0 Å². The predicted molar refractivity (Wildman–Crippen MR) is 107 cm³/mol. The fraction of sp³-hybridized carbons (Fsp3) is 0.650. The molecule has 3 aliphatic rings. The van der Waals surface area contributed by atoms with Crippen molar-refractivity contribution in [2.45, 2.75) is 63.5 Å². The van der Waals surface area contributed by atoms with Gasteiger partial charge in [-0.3, -0.25) is 0 Å². The second-order valence-electron chi connectivity index (χ2n) is 8.15. The number of nitrogens with one attached hydrogen (secondary N) is 2. The molecule has 7 heteroatoms. The van der Waals surface area contributed by atoms with E-state index in [1.807, 2.05) is 0 Å². The molecule has 1 unspecified atom stereocenters. The standard InChI is InChI=1S/C20H29N3O3S/c1-14(13-23-10-2-3-11-23)27(25,26)22-20(24)21-19-17-8-4-6-15(17)12-16-7-5-9-18(16)19/h12,14H,2-11,13H2,1H3,(H2,21,22,24). The second-order valence-corrected chi connectivity index (χ2v) is 10.3. The van der Waals surface area contributed by atoms with E-state index in [2.05, 4.69) is 21.0 Å². The summed E-state index contributed by atoms with van der Waals surface area (Å²) in [5, 5.41) is 2.29. The van der Waals surface area contributed by atoms with Crippen molar-refractivity contribution in [3.05, 3.63) is 28.3 Å². The van der Waals surface area contributed by atoms with Crippen LogP contribution in [0.25, 0.3) is 0 Å². The molecule has 6 nitrogen and oxygen atoms in total. The molecule has 1 aromatic rings. The minimum atomic E-state index is -3.70. The molecule has 2 N–H and O–H groups in total.